The number of carbonyl (C=O) groups excluding carboxylic acids is 1. The zero-order valence-electron chi connectivity index (χ0n) is 12.9. The number of carbonyl (C=O) groups is 1. The number of hydrogen-bond acceptors (Lipinski definition) is 5. The molecule has 1 fully saturated rings. The summed E-state index contributed by atoms with van der Waals surface area (Å²) in [6.45, 7) is 3.17. The molecule has 0 amide bonds. The van der Waals surface area contributed by atoms with Gasteiger partial charge in [0.15, 0.2) is 0 Å². The molecule has 116 valence electrons. The van der Waals surface area contributed by atoms with Crippen LogP contribution in [0.4, 0.5) is 11.5 Å². The van der Waals surface area contributed by atoms with Gasteiger partial charge >= 0.3 is 5.97 Å². The maximum Gasteiger partial charge on any atom is 0.340 e. The first-order valence-electron chi connectivity index (χ1n) is 7.71. The lowest BCUT2D eigenvalue weighted by Gasteiger charge is -2.28. The van der Waals surface area contributed by atoms with Crippen LogP contribution >= 0.6 is 0 Å². The maximum absolute atomic E-state index is 11.6. The normalized spacial score (nSPS) is 21.8. The lowest BCUT2D eigenvalue weighted by Crippen LogP contribution is -2.21. The van der Waals surface area contributed by atoms with Crippen LogP contribution in [0.3, 0.4) is 0 Å². The summed E-state index contributed by atoms with van der Waals surface area (Å²) in [5.74, 6) is 1.85. The Balaban J connectivity index is 1.90. The summed E-state index contributed by atoms with van der Waals surface area (Å²) in [5.41, 5.74) is 6.45. The summed E-state index contributed by atoms with van der Waals surface area (Å²) in [6, 6.07) is 1.67. The van der Waals surface area contributed by atoms with E-state index >= 15 is 0 Å². The fourth-order valence-electron chi connectivity index (χ4n) is 2.94. The molecule has 0 spiro atoms. The van der Waals surface area contributed by atoms with Crippen molar-refractivity contribution in [3.8, 4) is 0 Å². The van der Waals surface area contributed by atoms with Gasteiger partial charge in [-0.3, -0.25) is 0 Å². The van der Waals surface area contributed by atoms with E-state index in [1.807, 2.05) is 0 Å². The van der Waals surface area contributed by atoms with E-state index in [0.29, 0.717) is 23.0 Å². The number of nitrogen functional groups attached to an aromatic ring is 1. The van der Waals surface area contributed by atoms with Gasteiger partial charge in [-0.15, -0.1) is 0 Å². The topological polar surface area (TPSA) is 77.2 Å². The van der Waals surface area contributed by atoms with Gasteiger partial charge in [0.25, 0.3) is 0 Å². The minimum absolute atomic E-state index is 0.343. The van der Waals surface area contributed by atoms with Gasteiger partial charge in [0.05, 0.1) is 24.6 Å². The zero-order valence-corrected chi connectivity index (χ0v) is 12.9. The highest BCUT2D eigenvalue weighted by Gasteiger charge is 2.20. The van der Waals surface area contributed by atoms with E-state index in [2.05, 4.69) is 17.2 Å². The Morgan fingerprint density at radius 3 is 2.67 bits per heavy atom. The average molecular weight is 291 g/mol. The van der Waals surface area contributed by atoms with Gasteiger partial charge in [-0.25, -0.2) is 9.78 Å². The Hall–Kier alpha value is -1.78. The van der Waals surface area contributed by atoms with Crippen molar-refractivity contribution in [1.29, 1.82) is 0 Å². The minimum Gasteiger partial charge on any atom is -0.465 e. The zero-order chi connectivity index (χ0) is 15.2. The molecule has 5 heteroatoms. The Bertz CT molecular complexity index is 482. The summed E-state index contributed by atoms with van der Waals surface area (Å²) in [7, 11) is 1.35. The summed E-state index contributed by atoms with van der Waals surface area (Å²) < 4.78 is 4.72. The average Bonchev–Trinajstić information content (AvgIpc) is 2.53. The van der Waals surface area contributed by atoms with Gasteiger partial charge in [0.2, 0.25) is 0 Å². The lowest BCUT2D eigenvalue weighted by atomic mass is 9.81. The number of nitrogens with zero attached hydrogens (tertiary/aromatic N) is 1. The van der Waals surface area contributed by atoms with Crippen LogP contribution in [-0.4, -0.2) is 24.6 Å². The van der Waals surface area contributed by atoms with E-state index < -0.39 is 5.97 Å². The van der Waals surface area contributed by atoms with E-state index in [1.165, 1.54) is 45.4 Å². The first-order valence-corrected chi connectivity index (χ1v) is 7.71. The second kappa shape index (κ2) is 7.29. The number of nitrogens with two attached hydrogens (primary N) is 1. The molecule has 1 aliphatic rings. The number of pyridine rings is 1. The third kappa shape index (κ3) is 4.09. The standard InChI is InChI=1S/C16H25N3O2/c1-3-11-4-6-12(7-5-11)9-18-15-8-13(16(20)21-2)14(17)10-19-15/h8,10-12H,3-7,9,17H2,1-2H3,(H,18,19). The summed E-state index contributed by atoms with van der Waals surface area (Å²) in [6.07, 6.45) is 7.98. The summed E-state index contributed by atoms with van der Waals surface area (Å²) in [5, 5.41) is 3.32. The van der Waals surface area contributed by atoms with Crippen molar-refractivity contribution in [3.63, 3.8) is 0 Å². The number of nitrogens with one attached hydrogen (secondary N) is 1. The molecular weight excluding hydrogens is 266 g/mol. The second-order valence-corrected chi connectivity index (χ2v) is 5.82. The van der Waals surface area contributed by atoms with Crippen LogP contribution in [0.2, 0.25) is 0 Å². The molecule has 0 atom stereocenters. The van der Waals surface area contributed by atoms with Crippen LogP contribution in [0.5, 0.6) is 0 Å². The number of anilines is 2. The molecule has 1 heterocycles. The van der Waals surface area contributed by atoms with Gasteiger partial charge in [0.1, 0.15) is 5.82 Å². The van der Waals surface area contributed by atoms with E-state index in [9.17, 15) is 4.79 Å². The fraction of sp³-hybridized carbons (Fsp3) is 0.625. The van der Waals surface area contributed by atoms with Crippen LogP contribution in [0.25, 0.3) is 0 Å². The molecule has 2 rings (SSSR count). The number of methoxy groups -OCH3 is 1. The number of rotatable bonds is 5. The van der Waals surface area contributed by atoms with Crippen molar-refractivity contribution in [1.82, 2.24) is 4.98 Å². The molecule has 1 aromatic rings. The highest BCUT2D eigenvalue weighted by Crippen LogP contribution is 2.30. The molecule has 0 unspecified atom stereocenters. The van der Waals surface area contributed by atoms with Crippen LogP contribution in [-0.2, 0) is 4.74 Å². The second-order valence-electron chi connectivity index (χ2n) is 5.82. The van der Waals surface area contributed by atoms with Gasteiger partial charge in [0, 0.05) is 6.54 Å². The lowest BCUT2D eigenvalue weighted by molar-refractivity contribution is 0.0602. The predicted molar refractivity (Wildman–Crippen MR) is 84.2 cm³/mol. The van der Waals surface area contributed by atoms with Gasteiger partial charge in [-0.2, -0.15) is 0 Å². The molecule has 1 saturated carbocycles. The SMILES string of the molecule is CCC1CCC(CNc2cc(C(=O)OC)c(N)cn2)CC1. The summed E-state index contributed by atoms with van der Waals surface area (Å²) in [4.78, 5) is 15.8. The molecule has 0 saturated heterocycles. The third-order valence-electron chi connectivity index (χ3n) is 4.46. The molecule has 21 heavy (non-hydrogen) atoms. The molecule has 3 N–H and O–H groups in total. The molecule has 0 aromatic carbocycles. The van der Waals surface area contributed by atoms with Gasteiger partial charge in [-0.05, 0) is 30.7 Å². The third-order valence-corrected chi connectivity index (χ3v) is 4.46. The number of esters is 1. The van der Waals surface area contributed by atoms with E-state index in [-0.39, 0.29) is 0 Å². The quantitative estimate of drug-likeness (QED) is 0.815. The Kier molecular flexibility index (Phi) is 5.42. The predicted octanol–water partition coefficient (Wildman–Crippen LogP) is 3.08. The highest BCUT2D eigenvalue weighted by molar-refractivity contribution is 5.95. The fourth-order valence-corrected chi connectivity index (χ4v) is 2.94. The van der Waals surface area contributed by atoms with Gasteiger partial charge < -0.3 is 15.8 Å². The first-order chi connectivity index (χ1) is 10.1. The van der Waals surface area contributed by atoms with E-state index in [0.717, 1.165) is 12.5 Å². The molecule has 0 aliphatic heterocycles. The monoisotopic (exact) mass is 291 g/mol. The van der Waals surface area contributed by atoms with Crippen LogP contribution in [0.15, 0.2) is 12.3 Å². The summed E-state index contributed by atoms with van der Waals surface area (Å²) >= 11 is 0. The minimum atomic E-state index is -0.429. The molecule has 1 aromatic heterocycles. The van der Waals surface area contributed by atoms with E-state index in [4.69, 9.17) is 10.5 Å². The molecule has 0 bridgehead atoms. The van der Waals surface area contributed by atoms with Crippen LogP contribution in [0, 0.1) is 11.8 Å². The molecular formula is C16H25N3O2. The number of aromatic nitrogens is 1. The highest BCUT2D eigenvalue weighted by atomic mass is 16.5. The smallest absolute Gasteiger partial charge is 0.340 e. The van der Waals surface area contributed by atoms with Crippen LogP contribution < -0.4 is 11.1 Å². The van der Waals surface area contributed by atoms with Crippen molar-refractivity contribution in [2.75, 3.05) is 24.7 Å². The first kappa shape index (κ1) is 15.6. The largest absolute Gasteiger partial charge is 0.465 e. The van der Waals surface area contributed by atoms with Crippen molar-refractivity contribution < 1.29 is 9.53 Å². The molecule has 1 aliphatic carbocycles. The van der Waals surface area contributed by atoms with Crippen molar-refractivity contribution in [2.24, 2.45) is 11.8 Å². The number of ether oxygens (including phenoxy) is 1. The van der Waals surface area contributed by atoms with Crippen molar-refractivity contribution in [3.05, 3.63) is 17.8 Å². The Labute approximate surface area is 126 Å². The molecule has 0 radical (unpaired) electrons. The van der Waals surface area contributed by atoms with E-state index in [1.54, 1.807) is 6.07 Å². The maximum atomic E-state index is 11.6. The molecule has 5 nitrogen and oxygen atoms in total. The Morgan fingerprint density at radius 2 is 2.05 bits per heavy atom. The van der Waals surface area contributed by atoms with Crippen LogP contribution in [0.1, 0.15) is 49.4 Å². The number of hydrogen-bond donors (Lipinski definition) is 2. The Morgan fingerprint density at radius 1 is 1.38 bits per heavy atom. The van der Waals surface area contributed by atoms with Crippen molar-refractivity contribution in [2.45, 2.75) is 39.0 Å². The van der Waals surface area contributed by atoms with Crippen molar-refractivity contribution >= 4 is 17.5 Å². The van der Waals surface area contributed by atoms with Gasteiger partial charge in [-0.1, -0.05) is 26.2 Å².